The summed E-state index contributed by atoms with van der Waals surface area (Å²) in [4.78, 5) is 38.3. The molecule has 0 bridgehead atoms. The third kappa shape index (κ3) is 61.9. The number of hydrogen-bond donors (Lipinski definition) is 0. The molecule has 0 heterocycles. The van der Waals surface area contributed by atoms with Crippen LogP contribution >= 0.6 is 0 Å². The van der Waals surface area contributed by atoms with Gasteiger partial charge >= 0.3 is 17.9 Å². The molecule has 1 unspecified atom stereocenters. The van der Waals surface area contributed by atoms with Crippen molar-refractivity contribution in [3.63, 3.8) is 0 Å². The molecule has 0 aliphatic carbocycles. The van der Waals surface area contributed by atoms with E-state index in [1.165, 1.54) is 70.6 Å². The third-order valence-electron chi connectivity index (χ3n) is 12.7. The van der Waals surface area contributed by atoms with Gasteiger partial charge in [0.05, 0.1) is 0 Å². The lowest BCUT2D eigenvalue weighted by Gasteiger charge is -2.18. The Balaban J connectivity index is 4.51. The topological polar surface area (TPSA) is 78.9 Å². The van der Waals surface area contributed by atoms with Gasteiger partial charge < -0.3 is 14.2 Å². The number of rotatable bonds is 55. The number of carbonyl (C=O) groups is 3. The van der Waals surface area contributed by atoms with E-state index in [2.05, 4.69) is 179 Å². The first-order chi connectivity index (χ1) is 38.5. The van der Waals surface area contributed by atoms with Gasteiger partial charge in [-0.15, -0.1) is 0 Å². The van der Waals surface area contributed by atoms with E-state index in [-0.39, 0.29) is 37.5 Å². The number of carbonyl (C=O) groups excluding carboxylic acids is 3. The van der Waals surface area contributed by atoms with Crippen LogP contribution in [0.15, 0.2) is 158 Å². The largest absolute Gasteiger partial charge is 0.462 e. The van der Waals surface area contributed by atoms with Crippen LogP contribution in [-0.2, 0) is 28.6 Å². The van der Waals surface area contributed by atoms with Crippen LogP contribution in [0.1, 0.15) is 258 Å². The molecule has 0 radical (unpaired) electrons. The first kappa shape index (κ1) is 73.0. The van der Waals surface area contributed by atoms with Gasteiger partial charge in [-0.05, 0) is 141 Å². The quantitative estimate of drug-likeness (QED) is 0.0261. The van der Waals surface area contributed by atoms with Crippen LogP contribution in [0.25, 0.3) is 0 Å². The molecule has 0 rings (SSSR count). The van der Waals surface area contributed by atoms with Crippen molar-refractivity contribution in [2.45, 2.75) is 264 Å². The molecule has 6 heteroatoms. The van der Waals surface area contributed by atoms with E-state index in [0.717, 1.165) is 141 Å². The average Bonchev–Trinajstić information content (AvgIpc) is 3.44. The molecule has 0 saturated carbocycles. The molecule has 0 aromatic rings. The van der Waals surface area contributed by atoms with E-state index in [0.29, 0.717) is 19.3 Å². The van der Waals surface area contributed by atoms with Crippen molar-refractivity contribution in [3.8, 4) is 0 Å². The van der Waals surface area contributed by atoms with Crippen molar-refractivity contribution in [1.82, 2.24) is 0 Å². The van der Waals surface area contributed by atoms with Gasteiger partial charge in [-0.3, -0.25) is 14.4 Å². The first-order valence-electron chi connectivity index (χ1n) is 31.5. The highest BCUT2D eigenvalue weighted by molar-refractivity contribution is 5.71. The summed E-state index contributed by atoms with van der Waals surface area (Å²) in [5.41, 5.74) is 0. The molecule has 438 valence electrons. The van der Waals surface area contributed by atoms with Crippen LogP contribution in [0.2, 0.25) is 0 Å². The monoisotopic (exact) mass is 1070 g/mol. The van der Waals surface area contributed by atoms with Crippen LogP contribution in [0.3, 0.4) is 0 Å². The maximum Gasteiger partial charge on any atom is 0.306 e. The SMILES string of the molecule is CC/C=C\C/C=C\C/C=C\C/C=C\C/C=C\C/C=C\CCCCCCCCC(=O)OCC(COC(=O)CCC/C=C\C/C=C\C/C=C\C/C=C\C/C=C\CC)OC(=O)CCCCCCCCC/C=C\C/C=C\CCCCCC. The highest BCUT2D eigenvalue weighted by Gasteiger charge is 2.19. The van der Waals surface area contributed by atoms with Crippen molar-refractivity contribution in [2.24, 2.45) is 0 Å². The lowest BCUT2D eigenvalue weighted by atomic mass is 10.1. The number of unbranched alkanes of at least 4 members (excludes halogenated alkanes) is 18. The Labute approximate surface area is 480 Å². The predicted octanol–water partition coefficient (Wildman–Crippen LogP) is 21.7. The smallest absolute Gasteiger partial charge is 0.306 e. The lowest BCUT2D eigenvalue weighted by molar-refractivity contribution is -0.167. The molecule has 0 fully saturated rings. The zero-order chi connectivity index (χ0) is 56.4. The maximum absolute atomic E-state index is 12.9. The average molecular weight is 1080 g/mol. The van der Waals surface area contributed by atoms with Crippen molar-refractivity contribution >= 4 is 17.9 Å². The van der Waals surface area contributed by atoms with Gasteiger partial charge in [-0.1, -0.05) is 256 Å². The molecule has 1 atom stereocenters. The highest BCUT2D eigenvalue weighted by atomic mass is 16.6. The Morgan fingerprint density at radius 1 is 0.269 bits per heavy atom. The Bertz CT molecular complexity index is 1760. The molecular weight excluding hydrogens is 961 g/mol. The van der Waals surface area contributed by atoms with Crippen molar-refractivity contribution in [2.75, 3.05) is 13.2 Å². The Morgan fingerprint density at radius 2 is 0.513 bits per heavy atom. The highest BCUT2D eigenvalue weighted by Crippen LogP contribution is 2.14. The minimum atomic E-state index is -0.821. The number of hydrogen-bond acceptors (Lipinski definition) is 6. The van der Waals surface area contributed by atoms with E-state index in [1.807, 2.05) is 0 Å². The minimum Gasteiger partial charge on any atom is -0.462 e. The molecule has 6 nitrogen and oxygen atoms in total. The summed E-state index contributed by atoms with van der Waals surface area (Å²) in [5, 5.41) is 0. The number of esters is 3. The molecule has 0 spiro atoms. The van der Waals surface area contributed by atoms with E-state index in [4.69, 9.17) is 14.2 Å². The number of ether oxygens (including phenoxy) is 3. The molecule has 0 aliphatic heterocycles. The zero-order valence-electron chi connectivity index (χ0n) is 50.1. The van der Waals surface area contributed by atoms with Gasteiger partial charge in [0.1, 0.15) is 13.2 Å². The molecule has 0 N–H and O–H groups in total. The fraction of sp³-hybridized carbons (Fsp3) is 0.597. The van der Waals surface area contributed by atoms with Gasteiger partial charge in [0.2, 0.25) is 0 Å². The second-order valence-electron chi connectivity index (χ2n) is 20.2. The van der Waals surface area contributed by atoms with Crippen LogP contribution in [-0.4, -0.2) is 37.2 Å². The van der Waals surface area contributed by atoms with E-state index in [1.54, 1.807) is 0 Å². The lowest BCUT2D eigenvalue weighted by Crippen LogP contribution is -2.30. The van der Waals surface area contributed by atoms with E-state index in [9.17, 15) is 14.4 Å². The molecule has 0 aliphatic rings. The predicted molar refractivity (Wildman–Crippen MR) is 338 cm³/mol. The summed E-state index contributed by atoms with van der Waals surface area (Å²) in [6.45, 7) is 6.33. The zero-order valence-corrected chi connectivity index (χ0v) is 50.1. The van der Waals surface area contributed by atoms with Gasteiger partial charge in [0.15, 0.2) is 6.10 Å². The summed E-state index contributed by atoms with van der Waals surface area (Å²) in [7, 11) is 0. The third-order valence-corrected chi connectivity index (χ3v) is 12.7. The second kappa shape index (κ2) is 64.6. The molecule has 0 aromatic carbocycles. The minimum absolute atomic E-state index is 0.114. The van der Waals surface area contributed by atoms with Crippen LogP contribution in [0, 0.1) is 0 Å². The second-order valence-corrected chi connectivity index (χ2v) is 20.2. The summed E-state index contributed by atoms with van der Waals surface area (Å²) in [6.07, 6.45) is 93.8. The summed E-state index contributed by atoms with van der Waals surface area (Å²) in [5.74, 6) is -0.998. The standard InChI is InChI=1S/C72H114O6/c1-4-7-10-13-16-19-22-25-28-31-33-34-35-36-37-38-39-42-44-47-50-53-56-59-62-65-71(74)77-68-69(67-76-70(73)64-61-58-55-52-49-46-43-40-30-27-24-21-18-15-12-9-6-3)78-72(75)66-63-60-57-54-51-48-45-41-32-29-26-23-20-17-14-11-8-5-2/h7,9-10,12,16,18-21,23,25,27-30,32-34,36-37,39,42-43,46,52,55,69H,4-6,8,11,13-15,17,22,24,26,31,35,38,40-41,44-45,47-51,53-54,56-68H2,1-3H3/b10-7-,12-9-,19-16-,21-18-,23-20-,28-25-,30-27-,32-29-,34-33-,37-36-,42-39-,46-43-,55-52-. The van der Waals surface area contributed by atoms with Gasteiger partial charge in [-0.2, -0.15) is 0 Å². The van der Waals surface area contributed by atoms with Crippen molar-refractivity contribution in [1.29, 1.82) is 0 Å². The molecule has 78 heavy (non-hydrogen) atoms. The van der Waals surface area contributed by atoms with Crippen LogP contribution in [0.4, 0.5) is 0 Å². The summed E-state index contributed by atoms with van der Waals surface area (Å²) >= 11 is 0. The number of allylic oxidation sites excluding steroid dienone is 26. The van der Waals surface area contributed by atoms with Crippen molar-refractivity contribution < 1.29 is 28.6 Å². The van der Waals surface area contributed by atoms with E-state index < -0.39 is 6.10 Å². The van der Waals surface area contributed by atoms with E-state index >= 15 is 0 Å². The fourth-order valence-electron chi connectivity index (χ4n) is 8.10. The fourth-order valence-corrected chi connectivity index (χ4v) is 8.10. The summed E-state index contributed by atoms with van der Waals surface area (Å²) < 4.78 is 16.9. The normalized spacial score (nSPS) is 13.2. The molecular formula is C72H114O6. The maximum atomic E-state index is 12.9. The van der Waals surface area contributed by atoms with Gasteiger partial charge in [0, 0.05) is 19.3 Å². The van der Waals surface area contributed by atoms with Crippen molar-refractivity contribution in [3.05, 3.63) is 158 Å². The molecule has 0 amide bonds. The first-order valence-corrected chi connectivity index (χ1v) is 31.5. The van der Waals surface area contributed by atoms with Gasteiger partial charge in [0.25, 0.3) is 0 Å². The van der Waals surface area contributed by atoms with Gasteiger partial charge in [-0.25, -0.2) is 0 Å². The molecule has 0 saturated heterocycles. The Morgan fingerprint density at radius 3 is 0.833 bits per heavy atom. The Hall–Kier alpha value is -4.97. The van der Waals surface area contributed by atoms with Crippen LogP contribution < -0.4 is 0 Å². The summed E-state index contributed by atoms with van der Waals surface area (Å²) in [6, 6.07) is 0. The van der Waals surface area contributed by atoms with Crippen LogP contribution in [0.5, 0.6) is 0 Å². The molecule has 0 aromatic heterocycles. The Kier molecular flexibility index (Phi) is 60.4.